The zero-order valence-corrected chi connectivity index (χ0v) is 13.7. The first-order chi connectivity index (χ1) is 11.6. The number of fused-ring (bicyclic) bond motifs is 1. The van der Waals surface area contributed by atoms with E-state index >= 15 is 0 Å². The van der Waals surface area contributed by atoms with Crippen LogP contribution >= 0.6 is 0 Å². The van der Waals surface area contributed by atoms with Crippen molar-refractivity contribution in [1.29, 1.82) is 0 Å². The number of benzene rings is 1. The molecule has 0 radical (unpaired) electrons. The molecule has 1 amide bonds. The number of methoxy groups -OCH3 is 2. The fourth-order valence-electron chi connectivity index (χ4n) is 3.10. The molecule has 3 rings (SSSR count). The highest BCUT2D eigenvalue weighted by atomic mass is 16.7. The van der Waals surface area contributed by atoms with Gasteiger partial charge in [0.1, 0.15) is 5.92 Å². The van der Waals surface area contributed by atoms with Crippen LogP contribution in [0.5, 0.6) is 23.0 Å². The van der Waals surface area contributed by atoms with Gasteiger partial charge in [-0.1, -0.05) is 0 Å². The topological polar surface area (TPSA) is 92.3 Å². The lowest BCUT2D eigenvalue weighted by Gasteiger charge is -2.21. The third-order valence-corrected chi connectivity index (χ3v) is 4.13. The Bertz CT molecular complexity index is 673. The van der Waals surface area contributed by atoms with Crippen LogP contribution in [0.15, 0.2) is 6.07 Å². The third-order valence-electron chi connectivity index (χ3n) is 4.13. The number of nitrogens with one attached hydrogen (secondary N) is 1. The highest BCUT2D eigenvalue weighted by Gasteiger charge is 2.44. The van der Waals surface area contributed by atoms with Crippen molar-refractivity contribution in [2.24, 2.45) is 5.92 Å². The van der Waals surface area contributed by atoms with Crippen LogP contribution in [0.2, 0.25) is 0 Å². The summed E-state index contributed by atoms with van der Waals surface area (Å²) in [5, 5.41) is 2.71. The Morgan fingerprint density at radius 1 is 1.29 bits per heavy atom. The third kappa shape index (κ3) is 2.47. The summed E-state index contributed by atoms with van der Waals surface area (Å²) in [4.78, 5) is 24.3. The molecule has 2 aliphatic heterocycles. The number of rotatable bonds is 5. The molecule has 2 atom stereocenters. The Hall–Kier alpha value is -2.64. The summed E-state index contributed by atoms with van der Waals surface area (Å²) in [5.74, 6) is -0.582. The van der Waals surface area contributed by atoms with E-state index in [-0.39, 0.29) is 19.3 Å². The molecule has 130 valence electrons. The molecule has 2 unspecified atom stereocenters. The van der Waals surface area contributed by atoms with Crippen molar-refractivity contribution in [2.75, 3.05) is 34.2 Å². The van der Waals surface area contributed by atoms with E-state index in [0.29, 0.717) is 35.1 Å². The van der Waals surface area contributed by atoms with Crippen LogP contribution in [-0.2, 0) is 14.3 Å². The minimum Gasteiger partial charge on any atom is -0.492 e. The van der Waals surface area contributed by atoms with E-state index in [1.54, 1.807) is 13.0 Å². The monoisotopic (exact) mass is 337 g/mol. The van der Waals surface area contributed by atoms with E-state index in [0.717, 1.165) is 0 Å². The first-order valence-electron chi connectivity index (χ1n) is 7.61. The smallest absolute Gasteiger partial charge is 0.319 e. The van der Waals surface area contributed by atoms with E-state index < -0.39 is 17.8 Å². The zero-order valence-electron chi connectivity index (χ0n) is 13.7. The van der Waals surface area contributed by atoms with Crippen molar-refractivity contribution in [3.05, 3.63) is 11.6 Å². The van der Waals surface area contributed by atoms with Crippen LogP contribution < -0.4 is 24.3 Å². The molecule has 1 fully saturated rings. The maximum Gasteiger partial charge on any atom is 0.319 e. The van der Waals surface area contributed by atoms with E-state index in [4.69, 9.17) is 23.7 Å². The average Bonchev–Trinajstić information content (AvgIpc) is 3.19. The van der Waals surface area contributed by atoms with Crippen molar-refractivity contribution in [3.8, 4) is 23.0 Å². The highest BCUT2D eigenvalue weighted by Crippen LogP contribution is 2.52. The minimum absolute atomic E-state index is 0.0709. The molecule has 24 heavy (non-hydrogen) atoms. The van der Waals surface area contributed by atoms with Gasteiger partial charge in [-0.05, 0) is 13.0 Å². The van der Waals surface area contributed by atoms with Gasteiger partial charge < -0.3 is 29.0 Å². The van der Waals surface area contributed by atoms with Gasteiger partial charge in [-0.25, -0.2) is 0 Å². The Morgan fingerprint density at radius 3 is 2.71 bits per heavy atom. The molecule has 2 heterocycles. The second-order valence-electron chi connectivity index (χ2n) is 5.35. The van der Waals surface area contributed by atoms with Crippen molar-refractivity contribution < 1.29 is 33.3 Å². The second kappa shape index (κ2) is 6.46. The fraction of sp³-hybridized carbons (Fsp3) is 0.500. The maximum atomic E-state index is 12.2. The first kappa shape index (κ1) is 16.2. The predicted octanol–water partition coefficient (Wildman–Crippen LogP) is 0.825. The van der Waals surface area contributed by atoms with Gasteiger partial charge in [0, 0.05) is 18.0 Å². The number of carbonyl (C=O) groups is 2. The summed E-state index contributed by atoms with van der Waals surface area (Å²) in [6.45, 7) is 2.27. The van der Waals surface area contributed by atoms with Crippen LogP contribution in [0.3, 0.4) is 0 Å². The van der Waals surface area contributed by atoms with Crippen LogP contribution in [0, 0.1) is 5.92 Å². The lowest BCUT2D eigenvalue weighted by molar-refractivity contribution is -0.151. The van der Waals surface area contributed by atoms with Gasteiger partial charge in [0.15, 0.2) is 11.5 Å². The van der Waals surface area contributed by atoms with Crippen LogP contribution in [0.1, 0.15) is 18.4 Å². The van der Waals surface area contributed by atoms with Gasteiger partial charge in [0.05, 0.1) is 20.8 Å². The summed E-state index contributed by atoms with van der Waals surface area (Å²) in [6.07, 6.45) is 0. The number of ether oxygens (including phenoxy) is 5. The first-order valence-corrected chi connectivity index (χ1v) is 7.61. The van der Waals surface area contributed by atoms with E-state index in [1.807, 2.05) is 0 Å². The lowest BCUT2D eigenvalue weighted by Crippen LogP contribution is -2.29. The van der Waals surface area contributed by atoms with Crippen molar-refractivity contribution in [3.63, 3.8) is 0 Å². The largest absolute Gasteiger partial charge is 0.492 e. The number of carbonyl (C=O) groups excluding carboxylic acids is 2. The Morgan fingerprint density at radius 2 is 2.04 bits per heavy atom. The van der Waals surface area contributed by atoms with Crippen molar-refractivity contribution >= 4 is 11.9 Å². The molecule has 0 aromatic heterocycles. The van der Waals surface area contributed by atoms with Gasteiger partial charge in [-0.15, -0.1) is 0 Å². The van der Waals surface area contributed by atoms with Crippen LogP contribution in [-0.4, -0.2) is 46.0 Å². The number of amides is 1. The van der Waals surface area contributed by atoms with E-state index in [9.17, 15) is 9.59 Å². The fourth-order valence-corrected chi connectivity index (χ4v) is 3.10. The van der Waals surface area contributed by atoms with Gasteiger partial charge in [-0.2, -0.15) is 0 Å². The van der Waals surface area contributed by atoms with Crippen LogP contribution in [0.4, 0.5) is 0 Å². The van der Waals surface area contributed by atoms with E-state index in [2.05, 4.69) is 5.32 Å². The number of esters is 1. The van der Waals surface area contributed by atoms with Gasteiger partial charge in [0.2, 0.25) is 24.2 Å². The molecule has 8 nitrogen and oxygen atoms in total. The standard InChI is InChI=1S/C16H19NO7/c1-4-22-16(19)11-9(6-17-15(11)18)8-5-10-13(24-7-23-10)14(21-3)12(8)20-2/h5,9,11H,4,6-7H2,1-3H3,(H,17,18). The molecule has 1 aromatic carbocycles. The SMILES string of the molecule is CCOC(=O)C1C(=O)NCC1c1cc2c(c(OC)c1OC)OCO2. The Kier molecular flexibility index (Phi) is 4.37. The summed E-state index contributed by atoms with van der Waals surface area (Å²) in [7, 11) is 2.98. The van der Waals surface area contributed by atoms with E-state index in [1.165, 1.54) is 14.2 Å². The predicted molar refractivity (Wildman–Crippen MR) is 81.5 cm³/mol. The molecule has 0 spiro atoms. The molecule has 1 aromatic rings. The van der Waals surface area contributed by atoms with Gasteiger partial charge >= 0.3 is 5.97 Å². The molecular weight excluding hydrogens is 318 g/mol. The molecule has 2 aliphatic rings. The zero-order chi connectivity index (χ0) is 17.3. The van der Waals surface area contributed by atoms with Crippen molar-refractivity contribution in [1.82, 2.24) is 5.32 Å². The number of hydrogen-bond donors (Lipinski definition) is 1. The molecule has 8 heteroatoms. The minimum atomic E-state index is -0.941. The molecule has 1 N–H and O–H groups in total. The maximum absolute atomic E-state index is 12.2. The average molecular weight is 337 g/mol. The summed E-state index contributed by atoms with van der Waals surface area (Å²) < 4.78 is 26.8. The Labute approximate surface area is 139 Å². The quantitative estimate of drug-likeness (QED) is 0.628. The second-order valence-corrected chi connectivity index (χ2v) is 5.35. The summed E-state index contributed by atoms with van der Waals surface area (Å²) >= 11 is 0. The lowest BCUT2D eigenvalue weighted by atomic mass is 9.87. The molecule has 0 saturated carbocycles. The normalized spacial score (nSPS) is 21.4. The molecule has 1 saturated heterocycles. The summed E-state index contributed by atoms with van der Waals surface area (Å²) in [6, 6.07) is 1.72. The Balaban J connectivity index is 2.08. The number of hydrogen-bond acceptors (Lipinski definition) is 7. The highest BCUT2D eigenvalue weighted by molar-refractivity contribution is 6.01. The van der Waals surface area contributed by atoms with Crippen molar-refractivity contribution in [2.45, 2.75) is 12.8 Å². The molecular formula is C16H19NO7. The van der Waals surface area contributed by atoms with Gasteiger partial charge in [0.25, 0.3) is 0 Å². The van der Waals surface area contributed by atoms with Gasteiger partial charge in [-0.3, -0.25) is 9.59 Å². The molecule has 0 aliphatic carbocycles. The van der Waals surface area contributed by atoms with Crippen LogP contribution in [0.25, 0.3) is 0 Å². The molecule has 0 bridgehead atoms. The summed E-state index contributed by atoms with van der Waals surface area (Å²) in [5.41, 5.74) is 0.634.